The molecule has 0 amide bonds. The van der Waals surface area contributed by atoms with E-state index in [1.54, 1.807) is 24.7 Å². The molecule has 2 aromatic carbocycles. The van der Waals surface area contributed by atoms with Gasteiger partial charge in [-0.05, 0) is 35.9 Å². The molecule has 0 unspecified atom stereocenters. The summed E-state index contributed by atoms with van der Waals surface area (Å²) in [6, 6.07) is 17.1. The van der Waals surface area contributed by atoms with Crippen LogP contribution in [0.15, 0.2) is 78.0 Å². The maximum absolute atomic E-state index is 12.1. The fourth-order valence-electron chi connectivity index (χ4n) is 3.47. The Morgan fingerprint density at radius 3 is 2.77 bits per heavy atom. The molecule has 0 fully saturated rings. The predicted molar refractivity (Wildman–Crippen MR) is 115 cm³/mol. The molecule has 0 spiro atoms. The second-order valence-electron chi connectivity index (χ2n) is 6.81. The van der Waals surface area contributed by atoms with Crippen LogP contribution in [0.5, 0.6) is 11.5 Å². The number of aromatic amines is 1. The molecule has 7 nitrogen and oxygen atoms in total. The quantitative estimate of drug-likeness (QED) is 0.480. The molecular weight excluding hydrogens is 378 g/mol. The van der Waals surface area contributed by atoms with E-state index in [1.165, 1.54) is 0 Å². The normalized spacial score (nSPS) is 11.1. The summed E-state index contributed by atoms with van der Waals surface area (Å²) in [5, 5.41) is 8.81. The topological polar surface area (TPSA) is 107 Å². The van der Waals surface area contributed by atoms with Crippen molar-refractivity contribution in [3.63, 3.8) is 0 Å². The minimum atomic E-state index is -0.243. The number of pyridine rings is 2. The van der Waals surface area contributed by atoms with Crippen molar-refractivity contribution in [3.05, 3.63) is 89.2 Å². The van der Waals surface area contributed by atoms with Gasteiger partial charge in [-0.25, -0.2) is 5.10 Å². The van der Waals surface area contributed by atoms with Gasteiger partial charge in [-0.2, -0.15) is 5.10 Å². The average Bonchev–Trinajstić information content (AvgIpc) is 2.80. The Morgan fingerprint density at radius 2 is 1.87 bits per heavy atom. The molecule has 146 valence electrons. The molecule has 3 heterocycles. The first-order valence-corrected chi connectivity index (χ1v) is 9.41. The fourth-order valence-corrected chi connectivity index (χ4v) is 3.47. The van der Waals surface area contributed by atoms with E-state index in [1.807, 2.05) is 48.5 Å². The van der Waals surface area contributed by atoms with E-state index in [2.05, 4.69) is 20.2 Å². The number of hydrogen-bond acceptors (Lipinski definition) is 6. The first-order chi connectivity index (χ1) is 14.7. The van der Waals surface area contributed by atoms with Gasteiger partial charge in [0.1, 0.15) is 11.3 Å². The number of fused-ring (bicyclic) bond motifs is 2. The number of nitrogens with two attached hydrogens (primary N) is 1. The second kappa shape index (κ2) is 7.38. The lowest BCUT2D eigenvalue weighted by Crippen LogP contribution is -2.13. The molecule has 3 N–H and O–H groups in total. The van der Waals surface area contributed by atoms with Crippen LogP contribution in [0.2, 0.25) is 0 Å². The number of aromatic nitrogens is 4. The van der Waals surface area contributed by atoms with Crippen LogP contribution in [0.25, 0.3) is 32.8 Å². The van der Waals surface area contributed by atoms with Crippen LogP contribution in [-0.2, 0) is 6.54 Å². The van der Waals surface area contributed by atoms with Crippen LogP contribution in [0.4, 0.5) is 0 Å². The van der Waals surface area contributed by atoms with Gasteiger partial charge in [0.25, 0.3) is 5.56 Å². The summed E-state index contributed by atoms with van der Waals surface area (Å²) in [6.45, 7) is 0.228. The number of nitrogens with zero attached hydrogens (tertiary/aromatic N) is 3. The number of nitrogens with one attached hydrogen (secondary N) is 1. The summed E-state index contributed by atoms with van der Waals surface area (Å²) in [5.74, 6) is 1.25. The van der Waals surface area contributed by atoms with Crippen molar-refractivity contribution in [2.75, 3.05) is 0 Å². The number of benzene rings is 2. The van der Waals surface area contributed by atoms with Gasteiger partial charge in [-0.1, -0.05) is 24.3 Å². The Labute approximate surface area is 171 Å². The summed E-state index contributed by atoms with van der Waals surface area (Å²) in [6.07, 6.45) is 5.14. The van der Waals surface area contributed by atoms with E-state index < -0.39 is 0 Å². The van der Waals surface area contributed by atoms with Gasteiger partial charge in [0.2, 0.25) is 0 Å². The lowest BCUT2D eigenvalue weighted by atomic mass is 10.0. The monoisotopic (exact) mass is 395 g/mol. The Balaban J connectivity index is 1.56. The Bertz CT molecular complexity index is 1440. The maximum atomic E-state index is 12.1. The Morgan fingerprint density at radius 1 is 0.967 bits per heavy atom. The molecule has 30 heavy (non-hydrogen) atoms. The predicted octanol–water partition coefficient (Wildman–Crippen LogP) is 3.78. The molecule has 0 aliphatic heterocycles. The van der Waals surface area contributed by atoms with Gasteiger partial charge >= 0.3 is 0 Å². The maximum Gasteiger partial charge on any atom is 0.272 e. The first kappa shape index (κ1) is 18.0. The molecule has 3 aromatic heterocycles. The highest BCUT2D eigenvalue weighted by Gasteiger charge is 2.10. The van der Waals surface area contributed by atoms with E-state index in [0.717, 1.165) is 27.4 Å². The van der Waals surface area contributed by atoms with E-state index in [-0.39, 0.29) is 12.1 Å². The molecule has 5 aromatic rings. The third kappa shape index (κ3) is 3.17. The van der Waals surface area contributed by atoms with Gasteiger partial charge in [-0.3, -0.25) is 14.8 Å². The van der Waals surface area contributed by atoms with Crippen molar-refractivity contribution in [2.45, 2.75) is 6.54 Å². The number of rotatable bonds is 4. The number of hydrogen-bond donors (Lipinski definition) is 2. The summed E-state index contributed by atoms with van der Waals surface area (Å²) in [5.41, 5.74) is 8.70. The molecular formula is C23H17N5O2. The third-order valence-electron chi connectivity index (χ3n) is 4.93. The molecule has 0 atom stereocenters. The minimum Gasteiger partial charge on any atom is -0.453 e. The van der Waals surface area contributed by atoms with Gasteiger partial charge in [0.05, 0.1) is 17.3 Å². The van der Waals surface area contributed by atoms with Crippen molar-refractivity contribution < 1.29 is 4.74 Å². The highest BCUT2D eigenvalue weighted by atomic mass is 16.5. The van der Waals surface area contributed by atoms with Crippen LogP contribution in [-0.4, -0.2) is 20.2 Å². The molecule has 0 aliphatic carbocycles. The molecule has 0 saturated heterocycles. The van der Waals surface area contributed by atoms with Crippen molar-refractivity contribution >= 4 is 21.7 Å². The first-order valence-electron chi connectivity index (χ1n) is 9.41. The largest absolute Gasteiger partial charge is 0.453 e. The SMILES string of the molecule is NCc1n[nH]c(=O)c2ccc(-c3cncc(Oc4cccc5cccnc45)c3)cc12. The fraction of sp³-hybridized carbons (Fsp3) is 0.0435. The van der Waals surface area contributed by atoms with Crippen molar-refractivity contribution in [1.82, 2.24) is 20.2 Å². The van der Waals surface area contributed by atoms with Crippen LogP contribution < -0.4 is 16.0 Å². The zero-order chi connectivity index (χ0) is 20.5. The van der Waals surface area contributed by atoms with Gasteiger partial charge in [-0.15, -0.1) is 0 Å². The van der Waals surface area contributed by atoms with E-state index in [9.17, 15) is 4.79 Å². The van der Waals surface area contributed by atoms with Crippen molar-refractivity contribution in [1.29, 1.82) is 0 Å². The molecule has 0 aliphatic rings. The number of ether oxygens (including phenoxy) is 1. The summed E-state index contributed by atoms with van der Waals surface area (Å²) >= 11 is 0. The Hall–Kier alpha value is -4.10. The van der Waals surface area contributed by atoms with Gasteiger partial charge in [0, 0.05) is 35.3 Å². The zero-order valence-corrected chi connectivity index (χ0v) is 15.9. The highest BCUT2D eigenvalue weighted by Crippen LogP contribution is 2.31. The third-order valence-corrected chi connectivity index (χ3v) is 4.93. The summed E-state index contributed by atoms with van der Waals surface area (Å²) in [4.78, 5) is 20.8. The lowest BCUT2D eigenvalue weighted by molar-refractivity contribution is 0.485. The van der Waals surface area contributed by atoms with E-state index in [4.69, 9.17) is 10.5 Å². The summed E-state index contributed by atoms with van der Waals surface area (Å²) in [7, 11) is 0. The highest BCUT2D eigenvalue weighted by molar-refractivity contribution is 5.88. The molecule has 0 bridgehead atoms. The van der Waals surface area contributed by atoms with Crippen LogP contribution >= 0.6 is 0 Å². The second-order valence-corrected chi connectivity index (χ2v) is 6.81. The molecule has 0 saturated carbocycles. The van der Waals surface area contributed by atoms with Crippen LogP contribution in [0.3, 0.4) is 0 Å². The van der Waals surface area contributed by atoms with E-state index in [0.29, 0.717) is 22.6 Å². The summed E-state index contributed by atoms with van der Waals surface area (Å²) < 4.78 is 6.09. The lowest BCUT2D eigenvalue weighted by Gasteiger charge is -2.10. The van der Waals surface area contributed by atoms with E-state index >= 15 is 0 Å². The molecule has 5 rings (SSSR count). The van der Waals surface area contributed by atoms with Crippen molar-refractivity contribution in [2.24, 2.45) is 5.73 Å². The van der Waals surface area contributed by atoms with Gasteiger partial charge < -0.3 is 10.5 Å². The molecule has 0 radical (unpaired) electrons. The van der Waals surface area contributed by atoms with Crippen LogP contribution in [0, 0.1) is 0 Å². The zero-order valence-electron chi connectivity index (χ0n) is 15.9. The number of para-hydroxylation sites is 1. The van der Waals surface area contributed by atoms with Crippen molar-refractivity contribution in [3.8, 4) is 22.6 Å². The van der Waals surface area contributed by atoms with Crippen LogP contribution in [0.1, 0.15) is 5.69 Å². The minimum absolute atomic E-state index is 0.228. The Kier molecular flexibility index (Phi) is 4.42. The molecule has 7 heteroatoms. The number of H-pyrrole nitrogens is 1. The standard InChI is InChI=1S/C23H17N5O2/c24-11-20-19-10-15(6-7-18(19)23(29)28-27-20)16-9-17(13-25-12-16)30-21-5-1-3-14-4-2-8-26-22(14)21/h1-10,12-13H,11,24H2,(H,28,29). The van der Waals surface area contributed by atoms with Gasteiger partial charge in [0.15, 0.2) is 5.75 Å². The average molecular weight is 395 g/mol. The smallest absolute Gasteiger partial charge is 0.272 e.